The van der Waals surface area contributed by atoms with Crippen LogP contribution in [0, 0.1) is 17.2 Å². The Morgan fingerprint density at radius 3 is 2.69 bits per heavy atom. The lowest BCUT2D eigenvalue weighted by Crippen LogP contribution is -2.05. The normalized spacial score (nSPS) is 18.7. The fourth-order valence-corrected chi connectivity index (χ4v) is 1.32. The van der Waals surface area contributed by atoms with Gasteiger partial charge in [0.15, 0.2) is 0 Å². The van der Waals surface area contributed by atoms with Crippen molar-refractivity contribution >= 4 is 11.9 Å². The molecular formula is C12H11N3O. The third-order valence-corrected chi connectivity index (χ3v) is 2.20. The molecule has 1 aliphatic heterocycles. The topological polar surface area (TPSA) is 71.4 Å². The van der Waals surface area contributed by atoms with Gasteiger partial charge in [0, 0.05) is 11.9 Å². The smallest absolute Gasteiger partial charge is 0.214 e. The second kappa shape index (κ2) is 4.49. The second-order valence-corrected chi connectivity index (χ2v) is 3.46. The molecule has 1 aliphatic rings. The van der Waals surface area contributed by atoms with Crippen molar-refractivity contribution in [3.05, 3.63) is 36.2 Å². The van der Waals surface area contributed by atoms with Crippen LogP contribution in [0.5, 0.6) is 5.75 Å². The van der Waals surface area contributed by atoms with E-state index in [-0.39, 0.29) is 5.92 Å². The number of nitrogen functional groups attached to an aromatic ring is 1. The molecule has 0 aliphatic carbocycles. The van der Waals surface area contributed by atoms with Crippen molar-refractivity contribution in [3.8, 4) is 11.8 Å². The minimum absolute atomic E-state index is 0.140. The minimum Gasteiger partial charge on any atom is -0.439 e. The van der Waals surface area contributed by atoms with Crippen molar-refractivity contribution in [1.82, 2.24) is 0 Å². The molecule has 1 atom stereocenters. The third kappa shape index (κ3) is 2.39. The van der Waals surface area contributed by atoms with E-state index in [9.17, 15) is 0 Å². The highest BCUT2D eigenvalue weighted by Gasteiger charge is 2.09. The number of nitrogens with zero attached hydrogens (tertiary/aromatic N) is 2. The van der Waals surface area contributed by atoms with Crippen LogP contribution < -0.4 is 10.5 Å². The molecule has 1 aromatic rings. The monoisotopic (exact) mass is 213 g/mol. The first-order valence-corrected chi connectivity index (χ1v) is 4.95. The summed E-state index contributed by atoms with van der Waals surface area (Å²) in [6, 6.07) is 9.22. The fraction of sp³-hybridized carbons (Fsp3) is 0.167. The van der Waals surface area contributed by atoms with E-state index in [1.165, 1.54) is 0 Å². The summed E-state index contributed by atoms with van der Waals surface area (Å²) in [4.78, 5) is 4.06. The Bertz CT molecular complexity index is 468. The minimum atomic E-state index is -0.140. The van der Waals surface area contributed by atoms with Crippen molar-refractivity contribution < 1.29 is 4.74 Å². The SMILES string of the molecule is N#CC1C=NC(Oc2ccc(N)cc2)=CC1. The first-order chi connectivity index (χ1) is 7.78. The van der Waals surface area contributed by atoms with Gasteiger partial charge in [-0.1, -0.05) is 0 Å². The number of hydrogen-bond acceptors (Lipinski definition) is 4. The van der Waals surface area contributed by atoms with Gasteiger partial charge in [0.1, 0.15) is 5.75 Å². The lowest BCUT2D eigenvalue weighted by molar-refractivity contribution is 0.414. The molecule has 2 rings (SSSR count). The van der Waals surface area contributed by atoms with Gasteiger partial charge in [-0.15, -0.1) is 0 Å². The number of aliphatic imine (C=N–C) groups is 1. The molecule has 1 heterocycles. The van der Waals surface area contributed by atoms with Gasteiger partial charge in [0.2, 0.25) is 5.88 Å². The van der Waals surface area contributed by atoms with E-state index in [0.717, 1.165) is 0 Å². The maximum absolute atomic E-state index is 8.67. The van der Waals surface area contributed by atoms with Crippen molar-refractivity contribution in [2.75, 3.05) is 5.73 Å². The van der Waals surface area contributed by atoms with E-state index in [4.69, 9.17) is 15.7 Å². The Labute approximate surface area is 93.7 Å². The molecule has 0 saturated heterocycles. The number of benzene rings is 1. The highest BCUT2D eigenvalue weighted by molar-refractivity contribution is 5.66. The molecule has 0 fully saturated rings. The Morgan fingerprint density at radius 2 is 2.12 bits per heavy atom. The van der Waals surface area contributed by atoms with Gasteiger partial charge in [0.25, 0.3) is 0 Å². The molecule has 80 valence electrons. The van der Waals surface area contributed by atoms with E-state index in [0.29, 0.717) is 23.7 Å². The summed E-state index contributed by atoms with van der Waals surface area (Å²) < 4.78 is 5.50. The predicted octanol–water partition coefficient (Wildman–Crippen LogP) is 2.10. The molecule has 0 spiro atoms. The summed E-state index contributed by atoms with van der Waals surface area (Å²) in [7, 11) is 0. The van der Waals surface area contributed by atoms with Crippen LogP contribution in [-0.4, -0.2) is 6.21 Å². The highest BCUT2D eigenvalue weighted by Crippen LogP contribution is 2.19. The number of hydrogen-bond donors (Lipinski definition) is 1. The van der Waals surface area contributed by atoms with Crippen molar-refractivity contribution in [2.45, 2.75) is 6.42 Å². The lowest BCUT2D eigenvalue weighted by Gasteiger charge is -2.10. The summed E-state index contributed by atoms with van der Waals surface area (Å²) in [5, 5.41) is 8.67. The largest absolute Gasteiger partial charge is 0.439 e. The van der Waals surface area contributed by atoms with Gasteiger partial charge in [-0.3, -0.25) is 0 Å². The van der Waals surface area contributed by atoms with Crippen LogP contribution in [0.2, 0.25) is 0 Å². The molecule has 0 aromatic heterocycles. The Hall–Kier alpha value is -2.28. The van der Waals surface area contributed by atoms with Crippen LogP contribution in [0.25, 0.3) is 0 Å². The van der Waals surface area contributed by atoms with Crippen LogP contribution >= 0.6 is 0 Å². The Kier molecular flexibility index (Phi) is 2.88. The van der Waals surface area contributed by atoms with E-state index in [2.05, 4.69) is 11.1 Å². The zero-order valence-corrected chi connectivity index (χ0v) is 8.63. The third-order valence-electron chi connectivity index (χ3n) is 2.20. The summed E-state index contributed by atoms with van der Waals surface area (Å²) in [6.07, 6.45) is 4.06. The van der Waals surface area contributed by atoms with Gasteiger partial charge >= 0.3 is 0 Å². The number of rotatable bonds is 2. The van der Waals surface area contributed by atoms with Crippen LogP contribution in [0.4, 0.5) is 5.69 Å². The summed E-state index contributed by atoms with van der Waals surface area (Å²) in [6.45, 7) is 0. The zero-order chi connectivity index (χ0) is 11.4. The van der Waals surface area contributed by atoms with Crippen molar-refractivity contribution in [3.63, 3.8) is 0 Å². The van der Waals surface area contributed by atoms with Gasteiger partial charge in [-0.05, 0) is 36.8 Å². The molecule has 4 heteroatoms. The van der Waals surface area contributed by atoms with E-state index < -0.39 is 0 Å². The molecule has 0 saturated carbocycles. The summed E-state index contributed by atoms with van der Waals surface area (Å²) in [5.41, 5.74) is 6.25. The van der Waals surface area contributed by atoms with E-state index in [1.807, 2.05) is 6.08 Å². The van der Waals surface area contributed by atoms with Crippen molar-refractivity contribution in [2.24, 2.45) is 10.9 Å². The Morgan fingerprint density at radius 1 is 1.38 bits per heavy atom. The second-order valence-electron chi connectivity index (χ2n) is 3.46. The molecule has 1 unspecified atom stereocenters. The number of nitrogens with two attached hydrogens (primary N) is 1. The fourth-order valence-electron chi connectivity index (χ4n) is 1.32. The van der Waals surface area contributed by atoms with Crippen LogP contribution in [0.1, 0.15) is 6.42 Å². The predicted molar refractivity (Wildman–Crippen MR) is 61.8 cm³/mol. The van der Waals surface area contributed by atoms with E-state index >= 15 is 0 Å². The first-order valence-electron chi connectivity index (χ1n) is 4.95. The number of nitriles is 1. The summed E-state index contributed by atoms with van der Waals surface area (Å²) >= 11 is 0. The average molecular weight is 213 g/mol. The molecule has 0 bridgehead atoms. The van der Waals surface area contributed by atoms with Crippen molar-refractivity contribution in [1.29, 1.82) is 5.26 Å². The number of ether oxygens (including phenoxy) is 1. The molecule has 2 N–H and O–H groups in total. The number of anilines is 1. The first kappa shape index (κ1) is 10.2. The maximum atomic E-state index is 8.67. The number of allylic oxidation sites excluding steroid dienone is 1. The molecular weight excluding hydrogens is 202 g/mol. The molecule has 0 amide bonds. The average Bonchev–Trinajstić information content (AvgIpc) is 2.33. The maximum Gasteiger partial charge on any atom is 0.214 e. The lowest BCUT2D eigenvalue weighted by atomic mass is 10.1. The quantitative estimate of drug-likeness (QED) is 0.764. The standard InChI is InChI=1S/C12H11N3O/c13-7-9-1-6-12(15-8-9)16-11-4-2-10(14)3-5-11/h2-6,8-9H,1,14H2. The highest BCUT2D eigenvalue weighted by atomic mass is 16.5. The van der Waals surface area contributed by atoms with E-state index in [1.54, 1.807) is 30.5 Å². The van der Waals surface area contributed by atoms with Gasteiger partial charge in [0.05, 0.1) is 12.0 Å². The van der Waals surface area contributed by atoms with Crippen LogP contribution in [0.3, 0.4) is 0 Å². The molecule has 4 nitrogen and oxygen atoms in total. The van der Waals surface area contributed by atoms with Gasteiger partial charge in [-0.2, -0.15) is 5.26 Å². The molecule has 1 aromatic carbocycles. The Balaban J connectivity index is 2.02. The van der Waals surface area contributed by atoms with Gasteiger partial charge in [-0.25, -0.2) is 4.99 Å². The van der Waals surface area contributed by atoms with Crippen LogP contribution in [0.15, 0.2) is 41.2 Å². The molecule has 0 radical (unpaired) electrons. The molecule has 16 heavy (non-hydrogen) atoms. The zero-order valence-electron chi connectivity index (χ0n) is 8.63. The van der Waals surface area contributed by atoms with Gasteiger partial charge < -0.3 is 10.5 Å². The van der Waals surface area contributed by atoms with Crippen LogP contribution in [-0.2, 0) is 0 Å². The summed E-state index contributed by atoms with van der Waals surface area (Å²) in [5.74, 6) is 1.07.